The smallest absolute Gasteiger partial charge is 0.234 e. The quantitative estimate of drug-likeness (QED) is 0.751. The molecule has 0 atom stereocenters. The third-order valence-electron chi connectivity index (χ3n) is 4.96. The van der Waals surface area contributed by atoms with Gasteiger partial charge in [0.25, 0.3) is 0 Å². The third-order valence-corrected chi connectivity index (χ3v) is 6.80. The lowest BCUT2D eigenvalue weighted by molar-refractivity contribution is -0.113. The SMILES string of the molecule is COc1ccccc1NC(=O)CSC1=NC2(CCCCC2)N=C1c1cccs1. The molecule has 1 aliphatic heterocycles. The van der Waals surface area contributed by atoms with Gasteiger partial charge in [-0.3, -0.25) is 9.79 Å². The van der Waals surface area contributed by atoms with E-state index in [2.05, 4.69) is 16.8 Å². The Bertz CT molecular complexity index is 900. The van der Waals surface area contributed by atoms with Crippen molar-refractivity contribution in [1.29, 1.82) is 0 Å². The van der Waals surface area contributed by atoms with E-state index < -0.39 is 0 Å². The lowest BCUT2D eigenvalue weighted by Gasteiger charge is -2.27. The second kappa shape index (κ2) is 8.49. The Morgan fingerprint density at radius 1 is 1.18 bits per heavy atom. The molecule has 1 fully saturated rings. The van der Waals surface area contributed by atoms with Crippen molar-refractivity contribution in [2.45, 2.75) is 37.8 Å². The van der Waals surface area contributed by atoms with Crippen molar-refractivity contribution in [3.8, 4) is 5.75 Å². The number of nitrogens with zero attached hydrogens (tertiary/aromatic N) is 2. The van der Waals surface area contributed by atoms with Crippen LogP contribution in [-0.2, 0) is 4.79 Å². The number of para-hydroxylation sites is 2. The first-order valence-corrected chi connectivity index (χ1v) is 11.4. The molecule has 2 heterocycles. The first kappa shape index (κ1) is 19.2. The van der Waals surface area contributed by atoms with Gasteiger partial charge in [-0.25, -0.2) is 4.99 Å². The summed E-state index contributed by atoms with van der Waals surface area (Å²) in [7, 11) is 1.60. The molecule has 0 bridgehead atoms. The number of anilines is 1. The number of hydrogen-bond acceptors (Lipinski definition) is 6. The molecule has 0 unspecified atom stereocenters. The van der Waals surface area contributed by atoms with Crippen molar-refractivity contribution < 1.29 is 9.53 Å². The Hall–Kier alpha value is -2.12. The van der Waals surface area contributed by atoms with Gasteiger partial charge in [0, 0.05) is 0 Å². The van der Waals surface area contributed by atoms with Gasteiger partial charge in [-0.05, 0) is 49.3 Å². The lowest BCUT2D eigenvalue weighted by Crippen LogP contribution is -2.25. The number of thioether (sulfide) groups is 1. The Balaban J connectivity index is 1.47. The zero-order chi connectivity index (χ0) is 19.4. The van der Waals surface area contributed by atoms with Crippen LogP contribution in [0.15, 0.2) is 51.8 Å². The summed E-state index contributed by atoms with van der Waals surface area (Å²) >= 11 is 3.14. The number of ether oxygens (including phenoxy) is 1. The molecule has 146 valence electrons. The summed E-state index contributed by atoms with van der Waals surface area (Å²) in [5, 5.41) is 5.87. The highest BCUT2D eigenvalue weighted by molar-refractivity contribution is 8.16. The number of thiophene rings is 1. The fourth-order valence-electron chi connectivity index (χ4n) is 3.61. The number of methoxy groups -OCH3 is 1. The van der Waals surface area contributed by atoms with E-state index in [0.717, 1.165) is 41.3 Å². The van der Waals surface area contributed by atoms with Gasteiger partial charge in [0.2, 0.25) is 5.91 Å². The van der Waals surface area contributed by atoms with Crippen LogP contribution in [0.3, 0.4) is 0 Å². The summed E-state index contributed by atoms with van der Waals surface area (Å²) in [6.45, 7) is 0. The van der Waals surface area contributed by atoms with E-state index in [1.807, 2.05) is 30.3 Å². The van der Waals surface area contributed by atoms with E-state index in [0.29, 0.717) is 11.4 Å². The highest BCUT2D eigenvalue weighted by Crippen LogP contribution is 2.39. The molecule has 28 heavy (non-hydrogen) atoms. The predicted molar refractivity (Wildman–Crippen MR) is 118 cm³/mol. The molecular weight excluding hydrogens is 390 g/mol. The van der Waals surface area contributed by atoms with Gasteiger partial charge in [0.05, 0.1) is 23.4 Å². The normalized spacial score (nSPS) is 17.9. The Kier molecular flexibility index (Phi) is 5.82. The van der Waals surface area contributed by atoms with Gasteiger partial charge in [-0.1, -0.05) is 36.4 Å². The zero-order valence-electron chi connectivity index (χ0n) is 15.8. The first-order valence-electron chi connectivity index (χ1n) is 9.49. The van der Waals surface area contributed by atoms with E-state index in [9.17, 15) is 4.79 Å². The van der Waals surface area contributed by atoms with Gasteiger partial charge in [-0.15, -0.1) is 11.3 Å². The average Bonchev–Trinajstić information content (AvgIpc) is 3.36. The standard InChI is InChI=1S/C21H23N3O2S2/c1-26-16-9-4-3-8-15(16)22-18(25)14-28-20-19(17-10-7-13-27-17)23-21(24-20)11-5-2-6-12-21/h3-4,7-10,13H,2,5-6,11-12,14H2,1H3,(H,22,25). The number of carbonyl (C=O) groups is 1. The van der Waals surface area contributed by atoms with Crippen LogP contribution in [0.2, 0.25) is 0 Å². The molecule has 1 N–H and O–H groups in total. The lowest BCUT2D eigenvalue weighted by atomic mass is 9.90. The minimum absolute atomic E-state index is 0.0766. The van der Waals surface area contributed by atoms with Crippen LogP contribution in [0.4, 0.5) is 5.69 Å². The van der Waals surface area contributed by atoms with Crippen LogP contribution in [0.1, 0.15) is 37.0 Å². The van der Waals surface area contributed by atoms with Gasteiger partial charge in [0.1, 0.15) is 16.5 Å². The molecular formula is C21H23N3O2S2. The summed E-state index contributed by atoms with van der Waals surface area (Å²) in [6.07, 6.45) is 5.58. The van der Waals surface area contributed by atoms with Crippen molar-refractivity contribution >= 4 is 45.4 Å². The number of nitrogens with one attached hydrogen (secondary N) is 1. The minimum Gasteiger partial charge on any atom is -0.495 e. The summed E-state index contributed by atoms with van der Waals surface area (Å²) in [5.41, 5.74) is 1.32. The van der Waals surface area contributed by atoms with E-state index in [-0.39, 0.29) is 17.3 Å². The van der Waals surface area contributed by atoms with Crippen molar-refractivity contribution in [2.75, 3.05) is 18.2 Å². The van der Waals surface area contributed by atoms with E-state index in [1.54, 1.807) is 18.4 Å². The van der Waals surface area contributed by atoms with Crippen LogP contribution in [0.5, 0.6) is 5.75 Å². The van der Waals surface area contributed by atoms with Gasteiger partial charge >= 0.3 is 0 Å². The number of aliphatic imine (C=N–C) groups is 2. The molecule has 1 amide bonds. The summed E-state index contributed by atoms with van der Waals surface area (Å²) in [4.78, 5) is 23.7. The Labute approximate surface area is 173 Å². The summed E-state index contributed by atoms with van der Waals surface area (Å²) in [6, 6.07) is 11.5. The number of rotatable bonds is 5. The van der Waals surface area contributed by atoms with Crippen LogP contribution < -0.4 is 10.1 Å². The molecule has 7 heteroatoms. The highest BCUT2D eigenvalue weighted by Gasteiger charge is 2.38. The highest BCUT2D eigenvalue weighted by atomic mass is 32.2. The molecule has 1 aliphatic carbocycles. The Morgan fingerprint density at radius 2 is 2.00 bits per heavy atom. The molecule has 1 spiro atoms. The fraction of sp³-hybridized carbons (Fsp3) is 0.381. The van der Waals surface area contributed by atoms with Gasteiger partial charge in [0.15, 0.2) is 5.66 Å². The summed E-state index contributed by atoms with van der Waals surface area (Å²) < 4.78 is 5.30. The average molecular weight is 414 g/mol. The first-order chi connectivity index (χ1) is 13.7. The monoisotopic (exact) mass is 413 g/mol. The number of amides is 1. The summed E-state index contributed by atoms with van der Waals surface area (Å²) in [5.74, 6) is 0.866. The third kappa shape index (κ3) is 4.15. The van der Waals surface area contributed by atoms with E-state index in [1.165, 1.54) is 18.2 Å². The van der Waals surface area contributed by atoms with Gasteiger partial charge in [-0.2, -0.15) is 0 Å². The van der Waals surface area contributed by atoms with E-state index in [4.69, 9.17) is 14.7 Å². The van der Waals surface area contributed by atoms with Crippen molar-refractivity contribution in [3.05, 3.63) is 46.7 Å². The second-order valence-electron chi connectivity index (χ2n) is 6.93. The molecule has 0 saturated heterocycles. The number of hydrogen-bond donors (Lipinski definition) is 1. The molecule has 1 aromatic heterocycles. The van der Waals surface area contributed by atoms with Gasteiger partial charge < -0.3 is 10.1 Å². The van der Waals surface area contributed by atoms with Crippen LogP contribution in [0.25, 0.3) is 0 Å². The maximum Gasteiger partial charge on any atom is 0.234 e. The maximum absolute atomic E-state index is 12.5. The van der Waals surface area contributed by atoms with Crippen LogP contribution >= 0.6 is 23.1 Å². The Morgan fingerprint density at radius 3 is 2.75 bits per heavy atom. The maximum atomic E-state index is 12.5. The molecule has 2 aromatic rings. The fourth-order valence-corrected chi connectivity index (χ4v) is 5.25. The molecule has 4 rings (SSSR count). The zero-order valence-corrected chi connectivity index (χ0v) is 17.4. The second-order valence-corrected chi connectivity index (χ2v) is 8.85. The largest absolute Gasteiger partial charge is 0.495 e. The predicted octanol–water partition coefficient (Wildman–Crippen LogP) is 4.99. The molecule has 1 aromatic carbocycles. The number of benzene rings is 1. The van der Waals surface area contributed by atoms with Crippen LogP contribution in [0, 0.1) is 0 Å². The number of carbonyl (C=O) groups excluding carboxylic acids is 1. The molecule has 1 saturated carbocycles. The molecule has 5 nitrogen and oxygen atoms in total. The van der Waals surface area contributed by atoms with Crippen molar-refractivity contribution in [3.63, 3.8) is 0 Å². The van der Waals surface area contributed by atoms with Crippen LogP contribution in [-0.4, -0.2) is 35.2 Å². The van der Waals surface area contributed by atoms with Crippen molar-refractivity contribution in [2.24, 2.45) is 9.98 Å². The molecule has 2 aliphatic rings. The molecule has 0 radical (unpaired) electrons. The van der Waals surface area contributed by atoms with E-state index >= 15 is 0 Å². The minimum atomic E-state index is -0.307. The topological polar surface area (TPSA) is 63.0 Å². The van der Waals surface area contributed by atoms with Crippen molar-refractivity contribution in [1.82, 2.24) is 0 Å².